The van der Waals surface area contributed by atoms with Crippen LogP contribution in [-0.4, -0.2) is 55.3 Å². The van der Waals surface area contributed by atoms with E-state index in [1.165, 1.54) is 5.57 Å². The maximum absolute atomic E-state index is 11.8. The highest BCUT2D eigenvalue weighted by Gasteiger charge is 2.18. The van der Waals surface area contributed by atoms with Gasteiger partial charge in [0.25, 0.3) is 5.91 Å². The van der Waals surface area contributed by atoms with Gasteiger partial charge in [0.15, 0.2) is 11.5 Å². The molecule has 0 radical (unpaired) electrons. The van der Waals surface area contributed by atoms with Crippen LogP contribution in [0.2, 0.25) is 0 Å². The number of nitrogens with one attached hydrogen (secondary N) is 2. The van der Waals surface area contributed by atoms with Gasteiger partial charge in [0, 0.05) is 18.8 Å². The van der Waals surface area contributed by atoms with Gasteiger partial charge in [-0.3, -0.25) is 4.79 Å². The molecule has 8 heteroatoms. The first-order chi connectivity index (χ1) is 14.1. The van der Waals surface area contributed by atoms with Crippen molar-refractivity contribution in [1.82, 2.24) is 15.3 Å². The van der Waals surface area contributed by atoms with E-state index < -0.39 is 5.91 Å². The van der Waals surface area contributed by atoms with Crippen LogP contribution < -0.4 is 21.3 Å². The molecule has 2 fully saturated rings. The molecule has 1 aromatic heterocycles. The topological polar surface area (TPSA) is 105 Å². The highest BCUT2D eigenvalue weighted by Crippen LogP contribution is 2.22. The Morgan fingerprint density at radius 1 is 1.34 bits per heavy atom. The molecule has 3 rings (SSSR count). The first-order valence-electron chi connectivity index (χ1n) is 10.1. The molecular formula is C21H30N6O2. The van der Waals surface area contributed by atoms with Gasteiger partial charge in [-0.2, -0.15) is 0 Å². The zero-order chi connectivity index (χ0) is 20.6. The molecule has 0 spiro atoms. The fraction of sp³-hybridized carbons (Fsp3) is 0.476. The van der Waals surface area contributed by atoms with Crippen LogP contribution in [0.15, 0.2) is 42.3 Å². The van der Waals surface area contributed by atoms with E-state index in [0.29, 0.717) is 30.8 Å². The lowest BCUT2D eigenvalue weighted by Crippen LogP contribution is -2.37. The first kappa shape index (κ1) is 21.0. The summed E-state index contributed by atoms with van der Waals surface area (Å²) in [6, 6.07) is 0. The maximum Gasteiger partial charge on any atom is 0.271 e. The summed E-state index contributed by atoms with van der Waals surface area (Å²) in [5, 5.41) is 6.56. The number of primary amides is 1. The molecule has 0 saturated carbocycles. The minimum Gasteiger partial charge on any atom is -0.378 e. The van der Waals surface area contributed by atoms with Gasteiger partial charge in [0.1, 0.15) is 5.82 Å². The van der Waals surface area contributed by atoms with Crippen molar-refractivity contribution < 1.29 is 9.53 Å². The fourth-order valence-corrected chi connectivity index (χ4v) is 3.52. The van der Waals surface area contributed by atoms with Gasteiger partial charge in [0.05, 0.1) is 19.4 Å². The number of morpholine rings is 1. The van der Waals surface area contributed by atoms with Crippen molar-refractivity contribution in [2.45, 2.75) is 19.8 Å². The lowest BCUT2D eigenvalue weighted by atomic mass is 9.90. The van der Waals surface area contributed by atoms with E-state index in [1.807, 2.05) is 6.08 Å². The number of allylic oxidation sites excluding steroid dienone is 4. The second-order valence-electron chi connectivity index (χ2n) is 7.28. The van der Waals surface area contributed by atoms with E-state index >= 15 is 0 Å². The van der Waals surface area contributed by atoms with Gasteiger partial charge in [-0.15, -0.1) is 0 Å². The predicted octanol–water partition coefficient (Wildman–Crippen LogP) is 1.84. The number of carbonyl (C=O) groups is 1. The van der Waals surface area contributed by atoms with Gasteiger partial charge in [-0.05, 0) is 50.9 Å². The third kappa shape index (κ3) is 5.65. The van der Waals surface area contributed by atoms with Crippen LogP contribution in [0.5, 0.6) is 0 Å². The Morgan fingerprint density at radius 3 is 2.72 bits per heavy atom. The number of hydrogen-bond donors (Lipinski definition) is 3. The molecule has 2 aliphatic rings. The molecule has 0 bridgehead atoms. The second kappa shape index (κ2) is 10.2. The Kier molecular flexibility index (Phi) is 7.37. The van der Waals surface area contributed by atoms with E-state index in [-0.39, 0.29) is 5.69 Å². The highest BCUT2D eigenvalue weighted by atomic mass is 16.5. The van der Waals surface area contributed by atoms with E-state index in [1.54, 1.807) is 12.3 Å². The van der Waals surface area contributed by atoms with Crippen LogP contribution in [0.3, 0.4) is 0 Å². The van der Waals surface area contributed by atoms with Gasteiger partial charge >= 0.3 is 0 Å². The van der Waals surface area contributed by atoms with E-state index in [4.69, 9.17) is 10.5 Å². The van der Waals surface area contributed by atoms with Gasteiger partial charge in [-0.1, -0.05) is 18.2 Å². The molecule has 1 aromatic rings. The largest absolute Gasteiger partial charge is 0.378 e. The molecule has 0 aromatic carbocycles. The number of nitrogens with two attached hydrogens (primary N) is 1. The number of aromatic nitrogens is 2. The second-order valence-corrected chi connectivity index (χ2v) is 7.28. The number of ether oxygens (including phenoxy) is 1. The monoisotopic (exact) mass is 398 g/mol. The SMILES string of the molecule is C=C/C(=C\C=C(/C)C1CCNCC1)Nc1nc(N2CCOCC2)cnc1C(N)=O. The molecule has 1 amide bonds. The number of amides is 1. The minimum absolute atomic E-state index is 0.105. The Hall–Kier alpha value is -2.71. The summed E-state index contributed by atoms with van der Waals surface area (Å²) < 4.78 is 5.39. The molecule has 29 heavy (non-hydrogen) atoms. The molecule has 156 valence electrons. The molecule has 2 saturated heterocycles. The predicted molar refractivity (Wildman–Crippen MR) is 115 cm³/mol. The number of nitrogens with zero attached hydrogens (tertiary/aromatic N) is 3. The maximum atomic E-state index is 11.8. The zero-order valence-electron chi connectivity index (χ0n) is 17.0. The fourth-order valence-electron chi connectivity index (χ4n) is 3.52. The number of anilines is 2. The van der Waals surface area contributed by atoms with Crippen LogP contribution >= 0.6 is 0 Å². The third-order valence-corrected chi connectivity index (χ3v) is 5.32. The van der Waals surface area contributed by atoms with Crippen molar-refractivity contribution >= 4 is 17.5 Å². The van der Waals surface area contributed by atoms with Crippen LogP contribution in [0, 0.1) is 5.92 Å². The van der Waals surface area contributed by atoms with Crippen molar-refractivity contribution in [3.8, 4) is 0 Å². The molecule has 0 atom stereocenters. The summed E-state index contributed by atoms with van der Waals surface area (Å²) in [5.41, 5.74) is 7.67. The van der Waals surface area contributed by atoms with Gasteiger partial charge < -0.3 is 26.0 Å². The molecular weight excluding hydrogens is 368 g/mol. The Morgan fingerprint density at radius 2 is 2.07 bits per heavy atom. The third-order valence-electron chi connectivity index (χ3n) is 5.32. The summed E-state index contributed by atoms with van der Waals surface area (Å²) in [6.45, 7) is 10.9. The number of carbonyl (C=O) groups excluding carboxylic acids is 1. The van der Waals surface area contributed by atoms with Crippen LogP contribution in [0.4, 0.5) is 11.6 Å². The van der Waals surface area contributed by atoms with E-state index in [2.05, 4.69) is 45.1 Å². The first-order valence-corrected chi connectivity index (χ1v) is 10.1. The van der Waals surface area contributed by atoms with Crippen molar-refractivity contribution in [2.24, 2.45) is 11.7 Å². The summed E-state index contributed by atoms with van der Waals surface area (Å²) in [5.74, 6) is 0.980. The van der Waals surface area contributed by atoms with E-state index in [9.17, 15) is 4.79 Å². The molecule has 8 nitrogen and oxygen atoms in total. The lowest BCUT2D eigenvalue weighted by molar-refractivity contribution is 0.0996. The molecule has 0 aliphatic carbocycles. The summed E-state index contributed by atoms with van der Waals surface area (Å²) >= 11 is 0. The summed E-state index contributed by atoms with van der Waals surface area (Å²) in [6.07, 6.45) is 9.62. The van der Waals surface area contributed by atoms with Crippen molar-refractivity contribution in [3.63, 3.8) is 0 Å². The highest BCUT2D eigenvalue weighted by molar-refractivity contribution is 5.96. The standard InChI is InChI=1S/C21H30N6O2/c1-3-17(5-4-15(2)16-6-8-23-9-7-16)25-21-19(20(22)28)24-14-18(26-21)27-10-12-29-13-11-27/h3-5,14,16,23H,1,6-13H2,2H3,(H2,22,28)(H,25,26)/b15-4+,17-5+. The summed E-state index contributed by atoms with van der Waals surface area (Å²) in [7, 11) is 0. The Labute approximate surface area is 171 Å². The lowest BCUT2D eigenvalue weighted by Gasteiger charge is -2.28. The molecule has 2 aliphatic heterocycles. The molecule has 4 N–H and O–H groups in total. The van der Waals surface area contributed by atoms with Crippen LogP contribution in [0.1, 0.15) is 30.3 Å². The van der Waals surface area contributed by atoms with Gasteiger partial charge in [0.2, 0.25) is 0 Å². The number of hydrogen-bond acceptors (Lipinski definition) is 7. The van der Waals surface area contributed by atoms with Crippen molar-refractivity contribution in [2.75, 3.05) is 49.6 Å². The van der Waals surface area contributed by atoms with E-state index in [0.717, 1.165) is 44.7 Å². The van der Waals surface area contributed by atoms with Crippen LogP contribution in [-0.2, 0) is 4.74 Å². The molecule has 3 heterocycles. The number of piperidine rings is 1. The average Bonchev–Trinajstić information content (AvgIpc) is 2.77. The normalized spacial score (nSPS) is 19.1. The quantitative estimate of drug-likeness (QED) is 0.602. The smallest absolute Gasteiger partial charge is 0.271 e. The zero-order valence-corrected chi connectivity index (χ0v) is 17.0. The Balaban J connectivity index is 1.81. The average molecular weight is 399 g/mol. The number of rotatable bonds is 7. The van der Waals surface area contributed by atoms with Gasteiger partial charge in [-0.25, -0.2) is 9.97 Å². The molecule has 0 unspecified atom stereocenters. The Bertz CT molecular complexity index is 792. The minimum atomic E-state index is -0.627. The summed E-state index contributed by atoms with van der Waals surface area (Å²) in [4.78, 5) is 22.8. The van der Waals surface area contributed by atoms with Crippen LogP contribution in [0.25, 0.3) is 0 Å². The van der Waals surface area contributed by atoms with Crippen molar-refractivity contribution in [3.05, 3.63) is 48.0 Å². The van der Waals surface area contributed by atoms with Crippen molar-refractivity contribution in [1.29, 1.82) is 0 Å².